The topological polar surface area (TPSA) is 49.3 Å². The van der Waals surface area contributed by atoms with Gasteiger partial charge >= 0.3 is 6.18 Å². The molecule has 8 heteroatoms. The van der Waals surface area contributed by atoms with Crippen molar-refractivity contribution in [2.75, 3.05) is 29.4 Å². The minimum atomic E-state index is -4.38. The van der Waals surface area contributed by atoms with Crippen LogP contribution in [-0.2, 0) is 11.0 Å². The zero-order chi connectivity index (χ0) is 21.8. The van der Waals surface area contributed by atoms with E-state index in [0.717, 1.165) is 60.9 Å². The van der Waals surface area contributed by atoms with Crippen LogP contribution in [0.3, 0.4) is 0 Å². The Hall–Kier alpha value is -3.16. The van der Waals surface area contributed by atoms with Crippen molar-refractivity contribution in [1.29, 1.82) is 0 Å². The van der Waals surface area contributed by atoms with Gasteiger partial charge in [0.1, 0.15) is 5.82 Å². The number of alkyl halides is 3. The van der Waals surface area contributed by atoms with Gasteiger partial charge in [-0.1, -0.05) is 12.1 Å². The quantitative estimate of drug-likeness (QED) is 0.523. The number of piperidine rings is 1. The number of aromatic nitrogens is 2. The van der Waals surface area contributed by atoms with E-state index in [4.69, 9.17) is 0 Å². The molecule has 2 aromatic heterocycles. The van der Waals surface area contributed by atoms with Crippen molar-refractivity contribution in [3.63, 3.8) is 0 Å². The Morgan fingerprint density at radius 2 is 2.03 bits per heavy atom. The summed E-state index contributed by atoms with van der Waals surface area (Å²) in [4.78, 5) is 23.7. The second kappa shape index (κ2) is 8.91. The van der Waals surface area contributed by atoms with Crippen molar-refractivity contribution in [2.45, 2.75) is 25.4 Å². The lowest BCUT2D eigenvalue weighted by Gasteiger charge is -2.34. The fourth-order valence-corrected chi connectivity index (χ4v) is 4.16. The maximum Gasteiger partial charge on any atom is 0.417 e. The van der Waals surface area contributed by atoms with Crippen LogP contribution >= 0.6 is 0 Å². The Kier molecular flexibility index (Phi) is 6.06. The zero-order valence-corrected chi connectivity index (χ0v) is 16.9. The van der Waals surface area contributed by atoms with E-state index in [1.54, 1.807) is 17.3 Å². The number of pyridine rings is 2. The van der Waals surface area contributed by atoms with E-state index in [1.165, 1.54) is 6.07 Å². The molecule has 3 aromatic rings. The van der Waals surface area contributed by atoms with Crippen LogP contribution in [0.25, 0.3) is 10.8 Å². The molecular weight excluding hydrogens is 405 g/mol. The van der Waals surface area contributed by atoms with Gasteiger partial charge in [0.25, 0.3) is 0 Å². The summed E-state index contributed by atoms with van der Waals surface area (Å²) in [5.41, 5.74) is 0.115. The highest BCUT2D eigenvalue weighted by Crippen LogP contribution is 2.31. The fraction of sp³-hybridized carbons (Fsp3) is 0.348. The summed E-state index contributed by atoms with van der Waals surface area (Å²) < 4.78 is 38.3. The van der Waals surface area contributed by atoms with Gasteiger partial charge in [-0.3, -0.25) is 9.78 Å². The van der Waals surface area contributed by atoms with Crippen molar-refractivity contribution >= 4 is 28.7 Å². The van der Waals surface area contributed by atoms with Crippen LogP contribution in [0.2, 0.25) is 0 Å². The summed E-state index contributed by atoms with van der Waals surface area (Å²) in [6.07, 6.45) is 3.61. The van der Waals surface area contributed by atoms with E-state index in [9.17, 15) is 18.0 Å². The predicted octanol–water partition coefficient (Wildman–Crippen LogP) is 4.92. The lowest BCUT2D eigenvalue weighted by molar-refractivity contribution is -0.137. The Balaban J connectivity index is 1.41. The van der Waals surface area contributed by atoms with Gasteiger partial charge < -0.3 is 9.80 Å². The van der Waals surface area contributed by atoms with E-state index in [1.807, 2.05) is 29.2 Å². The molecule has 4 rings (SSSR count). The summed E-state index contributed by atoms with van der Waals surface area (Å²) >= 11 is 0. The minimum absolute atomic E-state index is 0.330. The van der Waals surface area contributed by atoms with Gasteiger partial charge in [0.2, 0.25) is 6.41 Å². The van der Waals surface area contributed by atoms with Crippen molar-refractivity contribution in [3.05, 3.63) is 60.6 Å². The molecule has 1 atom stereocenters. The molecule has 0 saturated carbocycles. The number of rotatable bonds is 6. The third-order valence-corrected chi connectivity index (χ3v) is 5.79. The van der Waals surface area contributed by atoms with Crippen LogP contribution < -0.4 is 9.80 Å². The maximum absolute atomic E-state index is 12.8. The third-order valence-electron chi connectivity index (χ3n) is 5.79. The molecule has 0 bridgehead atoms. The lowest BCUT2D eigenvalue weighted by atomic mass is 9.94. The molecular formula is C23H23F3N4O. The summed E-state index contributed by atoms with van der Waals surface area (Å²) in [5, 5.41) is 1.95. The van der Waals surface area contributed by atoms with Gasteiger partial charge in [0, 0.05) is 49.0 Å². The number of fused-ring (bicyclic) bond motifs is 1. The molecule has 0 aliphatic carbocycles. The van der Waals surface area contributed by atoms with E-state index < -0.39 is 11.7 Å². The number of amides is 1. The number of carbonyl (C=O) groups is 1. The number of hydrogen-bond acceptors (Lipinski definition) is 4. The Bertz CT molecular complexity index is 1030. The molecule has 3 heterocycles. The molecule has 1 saturated heterocycles. The second-order valence-corrected chi connectivity index (χ2v) is 7.82. The normalized spacial score (nSPS) is 17.0. The highest BCUT2D eigenvalue weighted by atomic mass is 19.4. The largest absolute Gasteiger partial charge is 0.417 e. The van der Waals surface area contributed by atoms with Crippen LogP contribution in [0.1, 0.15) is 24.8 Å². The first-order valence-corrected chi connectivity index (χ1v) is 10.3. The molecule has 1 aliphatic heterocycles. The molecule has 1 aliphatic rings. The standard InChI is InChI=1S/C23H23F3N4O/c24-23(25,26)19-6-7-22(28-14-19)29-11-2-3-17(15-29)9-12-30(16-31)21-5-1-4-18-13-27-10-8-20(18)21/h1,4-8,10,13-14,16-17H,2-3,9,11-12,15H2. The van der Waals surface area contributed by atoms with Crippen LogP contribution in [0.4, 0.5) is 24.7 Å². The molecule has 0 radical (unpaired) electrons. The van der Waals surface area contributed by atoms with Crippen molar-refractivity contribution in [1.82, 2.24) is 9.97 Å². The molecule has 1 aromatic carbocycles. The van der Waals surface area contributed by atoms with Gasteiger partial charge in [0.15, 0.2) is 0 Å². The third kappa shape index (κ3) is 4.78. The highest BCUT2D eigenvalue weighted by molar-refractivity contribution is 5.97. The number of benzene rings is 1. The molecule has 162 valence electrons. The minimum Gasteiger partial charge on any atom is -0.356 e. The summed E-state index contributed by atoms with van der Waals surface area (Å²) in [6.45, 7) is 2.05. The van der Waals surface area contributed by atoms with Crippen LogP contribution in [0, 0.1) is 5.92 Å². The van der Waals surface area contributed by atoms with Crippen LogP contribution in [0.5, 0.6) is 0 Å². The first kappa shape index (κ1) is 21.1. The van der Waals surface area contributed by atoms with Gasteiger partial charge in [-0.2, -0.15) is 13.2 Å². The van der Waals surface area contributed by atoms with E-state index in [2.05, 4.69) is 9.97 Å². The molecule has 1 unspecified atom stereocenters. The van der Waals surface area contributed by atoms with Gasteiger partial charge in [-0.05, 0) is 49.4 Å². The first-order valence-electron chi connectivity index (χ1n) is 10.3. The number of halogens is 3. The summed E-state index contributed by atoms with van der Waals surface area (Å²) in [7, 11) is 0. The molecule has 0 spiro atoms. The number of carbonyl (C=O) groups excluding carboxylic acids is 1. The maximum atomic E-state index is 12.8. The Labute approximate surface area is 178 Å². The van der Waals surface area contributed by atoms with Crippen molar-refractivity contribution < 1.29 is 18.0 Å². The Morgan fingerprint density at radius 3 is 2.77 bits per heavy atom. The van der Waals surface area contributed by atoms with E-state index in [0.29, 0.717) is 24.8 Å². The molecule has 1 fully saturated rings. The fourth-order valence-electron chi connectivity index (χ4n) is 4.16. The summed E-state index contributed by atoms with van der Waals surface area (Å²) in [5.74, 6) is 0.892. The van der Waals surface area contributed by atoms with Gasteiger partial charge in [-0.25, -0.2) is 4.98 Å². The second-order valence-electron chi connectivity index (χ2n) is 7.82. The first-order chi connectivity index (χ1) is 15.0. The molecule has 0 N–H and O–H groups in total. The van der Waals surface area contributed by atoms with Crippen molar-refractivity contribution in [3.8, 4) is 0 Å². The number of nitrogens with zero attached hydrogens (tertiary/aromatic N) is 4. The number of anilines is 2. The number of hydrogen-bond donors (Lipinski definition) is 0. The SMILES string of the molecule is O=CN(CCC1CCCN(c2ccc(C(F)(F)F)cn2)C1)c1cccc2cnccc12. The molecule has 5 nitrogen and oxygen atoms in total. The average Bonchev–Trinajstić information content (AvgIpc) is 2.79. The smallest absolute Gasteiger partial charge is 0.356 e. The Morgan fingerprint density at radius 1 is 1.16 bits per heavy atom. The molecule has 1 amide bonds. The summed E-state index contributed by atoms with van der Waals surface area (Å²) in [6, 6.07) is 10.2. The monoisotopic (exact) mass is 428 g/mol. The van der Waals surface area contributed by atoms with E-state index in [-0.39, 0.29) is 0 Å². The average molecular weight is 428 g/mol. The van der Waals surface area contributed by atoms with Crippen LogP contribution in [-0.4, -0.2) is 36.0 Å². The van der Waals surface area contributed by atoms with Gasteiger partial charge in [-0.15, -0.1) is 0 Å². The lowest BCUT2D eigenvalue weighted by Crippen LogP contribution is -2.37. The zero-order valence-electron chi connectivity index (χ0n) is 16.9. The highest BCUT2D eigenvalue weighted by Gasteiger charge is 2.31. The van der Waals surface area contributed by atoms with E-state index >= 15 is 0 Å². The van der Waals surface area contributed by atoms with Crippen LogP contribution in [0.15, 0.2) is 55.0 Å². The molecule has 31 heavy (non-hydrogen) atoms. The van der Waals surface area contributed by atoms with Crippen molar-refractivity contribution in [2.24, 2.45) is 5.92 Å². The predicted molar refractivity (Wildman–Crippen MR) is 114 cm³/mol. The van der Waals surface area contributed by atoms with Gasteiger partial charge in [0.05, 0.1) is 11.3 Å².